The lowest BCUT2D eigenvalue weighted by molar-refractivity contribution is 0.273. The molecule has 0 nitrogen and oxygen atoms in total. The van der Waals surface area contributed by atoms with E-state index in [1.54, 1.807) is 0 Å². The van der Waals surface area contributed by atoms with Gasteiger partial charge in [0.2, 0.25) is 0 Å². The molecule has 0 fully saturated rings. The molecule has 0 N–H and O–H groups in total. The van der Waals surface area contributed by atoms with E-state index in [-0.39, 0.29) is 0 Å². The summed E-state index contributed by atoms with van der Waals surface area (Å²) in [7, 11) is 0. The zero-order valence-electron chi connectivity index (χ0n) is 13.1. The first-order valence-electron chi connectivity index (χ1n) is 8.11. The second kappa shape index (κ2) is 11.1. The van der Waals surface area contributed by atoms with Crippen molar-refractivity contribution in [3.63, 3.8) is 0 Å². The van der Waals surface area contributed by atoms with Crippen LogP contribution in [0.5, 0.6) is 0 Å². The van der Waals surface area contributed by atoms with E-state index in [4.69, 9.17) is 0 Å². The molecular weight excluding hydrogens is 204 g/mol. The van der Waals surface area contributed by atoms with Gasteiger partial charge in [0.1, 0.15) is 0 Å². The molecule has 0 aromatic carbocycles. The number of unbranched alkanes of at least 4 members (excludes halogenated alkanes) is 5. The van der Waals surface area contributed by atoms with Crippen molar-refractivity contribution >= 4 is 0 Å². The molecule has 0 aromatic rings. The van der Waals surface area contributed by atoms with Gasteiger partial charge in [-0.3, -0.25) is 0 Å². The highest BCUT2D eigenvalue weighted by Gasteiger charge is 2.15. The Morgan fingerprint density at radius 1 is 0.765 bits per heavy atom. The second-order valence-corrected chi connectivity index (χ2v) is 6.33. The van der Waals surface area contributed by atoms with Crippen LogP contribution in [-0.2, 0) is 0 Å². The molecule has 0 saturated heterocycles. The van der Waals surface area contributed by atoms with Crippen molar-refractivity contribution in [2.45, 2.75) is 92.4 Å². The van der Waals surface area contributed by atoms with Gasteiger partial charge in [-0.05, 0) is 24.2 Å². The third kappa shape index (κ3) is 9.68. The van der Waals surface area contributed by atoms with Crippen LogP contribution in [0.1, 0.15) is 92.4 Å². The van der Waals surface area contributed by atoms with E-state index in [1.165, 1.54) is 57.8 Å². The predicted octanol–water partition coefficient (Wildman–Crippen LogP) is 6.45. The van der Waals surface area contributed by atoms with Gasteiger partial charge in [-0.15, -0.1) is 0 Å². The summed E-state index contributed by atoms with van der Waals surface area (Å²) in [4.78, 5) is 0. The van der Waals surface area contributed by atoms with Gasteiger partial charge in [-0.2, -0.15) is 0 Å². The summed E-state index contributed by atoms with van der Waals surface area (Å²) in [5.74, 6) is 2.77. The largest absolute Gasteiger partial charge is 0.0654 e. The Kier molecular flexibility index (Phi) is 11.1. The van der Waals surface area contributed by atoms with E-state index in [9.17, 15) is 0 Å². The van der Waals surface area contributed by atoms with Gasteiger partial charge >= 0.3 is 0 Å². The maximum atomic E-state index is 2.46. The van der Waals surface area contributed by atoms with Crippen LogP contribution in [0.15, 0.2) is 0 Å². The Morgan fingerprint density at radius 3 is 1.88 bits per heavy atom. The van der Waals surface area contributed by atoms with Crippen molar-refractivity contribution in [2.24, 2.45) is 17.8 Å². The molecule has 0 rings (SSSR count). The normalized spacial score (nSPS) is 15.2. The van der Waals surface area contributed by atoms with Crippen molar-refractivity contribution in [1.82, 2.24) is 0 Å². The lowest BCUT2D eigenvalue weighted by atomic mass is 9.82. The van der Waals surface area contributed by atoms with E-state index >= 15 is 0 Å². The molecule has 0 aliphatic rings. The number of rotatable bonds is 11. The van der Waals surface area contributed by atoms with Crippen LogP contribution in [0.25, 0.3) is 0 Å². The lowest BCUT2D eigenvalue weighted by Crippen LogP contribution is -2.13. The SMILES string of the molecule is CCCCCCCCC(CC)C(C)CC(C)C. The summed E-state index contributed by atoms with van der Waals surface area (Å²) in [5, 5.41) is 0. The van der Waals surface area contributed by atoms with E-state index in [1.807, 2.05) is 0 Å². The van der Waals surface area contributed by atoms with Crippen molar-refractivity contribution in [1.29, 1.82) is 0 Å². The van der Waals surface area contributed by atoms with Crippen molar-refractivity contribution in [3.8, 4) is 0 Å². The van der Waals surface area contributed by atoms with Gasteiger partial charge in [0, 0.05) is 0 Å². The average Bonchev–Trinajstić information content (AvgIpc) is 2.27. The highest BCUT2D eigenvalue weighted by Crippen LogP contribution is 2.27. The Hall–Kier alpha value is 0. The van der Waals surface area contributed by atoms with E-state index < -0.39 is 0 Å². The molecule has 2 atom stereocenters. The molecule has 0 radical (unpaired) electrons. The zero-order chi connectivity index (χ0) is 13.1. The molecule has 0 bridgehead atoms. The fraction of sp³-hybridized carbons (Fsp3) is 1.00. The molecule has 0 aliphatic carbocycles. The summed E-state index contributed by atoms with van der Waals surface area (Å²) >= 11 is 0. The molecule has 0 heterocycles. The molecule has 0 heteroatoms. The van der Waals surface area contributed by atoms with Gasteiger partial charge in [-0.1, -0.05) is 86.0 Å². The van der Waals surface area contributed by atoms with Crippen LogP contribution >= 0.6 is 0 Å². The first kappa shape index (κ1) is 17.0. The Balaban J connectivity index is 3.60. The van der Waals surface area contributed by atoms with Gasteiger partial charge in [0.15, 0.2) is 0 Å². The Bertz CT molecular complexity index is 148. The fourth-order valence-corrected chi connectivity index (χ4v) is 3.01. The molecule has 17 heavy (non-hydrogen) atoms. The second-order valence-electron chi connectivity index (χ2n) is 6.33. The van der Waals surface area contributed by atoms with Crippen molar-refractivity contribution in [2.75, 3.05) is 0 Å². The molecule has 0 saturated carbocycles. The third-order valence-electron chi connectivity index (χ3n) is 4.10. The first-order chi connectivity index (χ1) is 8.11. The zero-order valence-corrected chi connectivity index (χ0v) is 13.1. The summed E-state index contributed by atoms with van der Waals surface area (Å²) in [6.45, 7) is 11.8. The van der Waals surface area contributed by atoms with Crippen LogP contribution in [0.4, 0.5) is 0 Å². The maximum Gasteiger partial charge on any atom is -0.0391 e. The van der Waals surface area contributed by atoms with Gasteiger partial charge < -0.3 is 0 Å². The monoisotopic (exact) mass is 240 g/mol. The first-order valence-corrected chi connectivity index (χ1v) is 8.11. The van der Waals surface area contributed by atoms with Crippen LogP contribution < -0.4 is 0 Å². The molecule has 0 spiro atoms. The predicted molar refractivity (Wildman–Crippen MR) is 80.4 cm³/mol. The summed E-state index contributed by atoms with van der Waals surface area (Å²) in [5.41, 5.74) is 0. The standard InChI is InChI=1S/C17H36/c1-6-8-9-10-11-12-13-17(7-2)16(5)14-15(3)4/h15-17H,6-14H2,1-5H3. The molecule has 0 amide bonds. The minimum Gasteiger partial charge on any atom is -0.0654 e. The Labute approximate surface area is 111 Å². The summed E-state index contributed by atoms with van der Waals surface area (Å²) in [6, 6.07) is 0. The minimum absolute atomic E-state index is 0.864. The number of hydrogen-bond acceptors (Lipinski definition) is 0. The topological polar surface area (TPSA) is 0 Å². The van der Waals surface area contributed by atoms with Crippen LogP contribution in [-0.4, -0.2) is 0 Å². The molecular formula is C17H36. The van der Waals surface area contributed by atoms with E-state index in [0.29, 0.717) is 0 Å². The highest BCUT2D eigenvalue weighted by atomic mass is 14.2. The smallest absolute Gasteiger partial charge is 0.0391 e. The van der Waals surface area contributed by atoms with Crippen LogP contribution in [0, 0.1) is 17.8 Å². The fourth-order valence-electron chi connectivity index (χ4n) is 3.01. The molecule has 0 aliphatic heterocycles. The van der Waals surface area contributed by atoms with Gasteiger partial charge in [-0.25, -0.2) is 0 Å². The van der Waals surface area contributed by atoms with Crippen LogP contribution in [0.3, 0.4) is 0 Å². The van der Waals surface area contributed by atoms with E-state index in [2.05, 4.69) is 34.6 Å². The van der Waals surface area contributed by atoms with Gasteiger partial charge in [0.05, 0.1) is 0 Å². The van der Waals surface area contributed by atoms with Gasteiger partial charge in [0.25, 0.3) is 0 Å². The van der Waals surface area contributed by atoms with Crippen molar-refractivity contribution < 1.29 is 0 Å². The van der Waals surface area contributed by atoms with E-state index in [0.717, 1.165) is 17.8 Å². The number of hydrogen-bond donors (Lipinski definition) is 0. The molecule has 0 aromatic heterocycles. The molecule has 2 unspecified atom stereocenters. The lowest BCUT2D eigenvalue weighted by Gasteiger charge is -2.24. The highest BCUT2D eigenvalue weighted by molar-refractivity contribution is 4.67. The summed E-state index contributed by atoms with van der Waals surface area (Å²) in [6.07, 6.45) is 12.9. The quantitative estimate of drug-likeness (QED) is 0.364. The molecule has 104 valence electrons. The van der Waals surface area contributed by atoms with Crippen LogP contribution in [0.2, 0.25) is 0 Å². The summed E-state index contributed by atoms with van der Waals surface area (Å²) < 4.78 is 0. The third-order valence-corrected chi connectivity index (χ3v) is 4.10. The maximum absolute atomic E-state index is 2.46. The Morgan fingerprint density at radius 2 is 1.35 bits per heavy atom. The average molecular weight is 240 g/mol. The van der Waals surface area contributed by atoms with Crippen molar-refractivity contribution in [3.05, 3.63) is 0 Å². The minimum atomic E-state index is 0.864.